The number of halogens is 1. The van der Waals surface area contributed by atoms with Gasteiger partial charge in [0.25, 0.3) is 15.0 Å². The summed E-state index contributed by atoms with van der Waals surface area (Å²) in [5, 5.41) is 4.39. The minimum absolute atomic E-state index is 0.0205. The molecular formula is C11H14ClNO4S2. The molecule has 1 amide bonds. The van der Waals surface area contributed by atoms with Gasteiger partial charge in [-0.1, -0.05) is 0 Å². The molecule has 1 fully saturated rings. The Kier molecular flexibility index (Phi) is 3.92. The number of carbonyl (C=O) groups is 1. The third kappa shape index (κ3) is 3.10. The molecule has 1 aliphatic rings. The van der Waals surface area contributed by atoms with Crippen molar-refractivity contribution in [3.63, 3.8) is 0 Å². The van der Waals surface area contributed by atoms with E-state index in [9.17, 15) is 13.2 Å². The zero-order valence-electron chi connectivity index (χ0n) is 10.5. The maximum atomic E-state index is 12.2. The average Bonchev–Trinajstić information content (AvgIpc) is 2.83. The largest absolute Gasteiger partial charge is 0.379 e. The monoisotopic (exact) mass is 323 g/mol. The first-order valence-corrected chi connectivity index (χ1v) is 8.85. The van der Waals surface area contributed by atoms with Crippen LogP contribution < -0.4 is 5.32 Å². The number of hydrogen-bond donors (Lipinski definition) is 1. The van der Waals surface area contributed by atoms with Gasteiger partial charge in [0.1, 0.15) is 4.21 Å². The van der Waals surface area contributed by atoms with Gasteiger partial charge >= 0.3 is 0 Å². The summed E-state index contributed by atoms with van der Waals surface area (Å²) in [5.41, 5.74) is 0.336. The van der Waals surface area contributed by atoms with Crippen molar-refractivity contribution >= 4 is 37.0 Å². The summed E-state index contributed by atoms with van der Waals surface area (Å²) in [5.74, 6) is -0.298. The molecule has 2 rings (SSSR count). The van der Waals surface area contributed by atoms with Crippen LogP contribution in [0.2, 0.25) is 0 Å². The normalized spacial score (nSPS) is 23.5. The number of nitrogens with one attached hydrogen (secondary N) is 1. The topological polar surface area (TPSA) is 72.5 Å². The van der Waals surface area contributed by atoms with Gasteiger partial charge in [-0.25, -0.2) is 8.42 Å². The fraction of sp³-hybridized carbons (Fsp3) is 0.545. The van der Waals surface area contributed by atoms with Crippen molar-refractivity contribution < 1.29 is 17.9 Å². The van der Waals surface area contributed by atoms with E-state index in [1.807, 2.05) is 6.92 Å². The molecule has 2 heterocycles. The van der Waals surface area contributed by atoms with Crippen molar-refractivity contribution in [1.29, 1.82) is 0 Å². The lowest BCUT2D eigenvalue weighted by Gasteiger charge is -2.23. The van der Waals surface area contributed by atoms with Crippen molar-refractivity contribution in [3.05, 3.63) is 16.5 Å². The molecule has 106 valence electrons. The van der Waals surface area contributed by atoms with Gasteiger partial charge in [-0.3, -0.25) is 4.79 Å². The van der Waals surface area contributed by atoms with Crippen LogP contribution in [0.1, 0.15) is 29.3 Å². The lowest BCUT2D eigenvalue weighted by molar-refractivity contribution is 0.0889. The molecule has 1 atom stereocenters. The Morgan fingerprint density at radius 2 is 2.26 bits per heavy atom. The molecular weight excluding hydrogens is 310 g/mol. The molecule has 0 bridgehead atoms. The van der Waals surface area contributed by atoms with E-state index in [2.05, 4.69) is 5.32 Å². The molecule has 0 spiro atoms. The molecule has 0 aromatic carbocycles. The standard InChI is InChI=1S/C11H14ClNO4S2/c1-7-8(5-18-10(7)19(12,15)16)9(14)13-11(2)3-4-17-6-11/h5H,3-4,6H2,1-2H3,(H,13,14). The van der Waals surface area contributed by atoms with Gasteiger partial charge in [0.05, 0.1) is 17.7 Å². The summed E-state index contributed by atoms with van der Waals surface area (Å²) >= 11 is 0.956. The van der Waals surface area contributed by atoms with E-state index in [0.717, 1.165) is 17.8 Å². The Morgan fingerprint density at radius 1 is 1.58 bits per heavy atom. The van der Waals surface area contributed by atoms with Gasteiger partial charge in [-0.15, -0.1) is 11.3 Å². The third-order valence-corrected chi connectivity index (χ3v) is 6.40. The Hall–Kier alpha value is -0.630. The van der Waals surface area contributed by atoms with Crippen molar-refractivity contribution in [3.8, 4) is 0 Å². The molecule has 19 heavy (non-hydrogen) atoms. The van der Waals surface area contributed by atoms with Crippen LogP contribution in [0, 0.1) is 6.92 Å². The zero-order chi connectivity index (χ0) is 14.3. The maximum absolute atomic E-state index is 12.2. The van der Waals surface area contributed by atoms with E-state index in [-0.39, 0.29) is 10.1 Å². The van der Waals surface area contributed by atoms with Crippen LogP contribution in [-0.2, 0) is 13.8 Å². The van der Waals surface area contributed by atoms with Crippen molar-refractivity contribution in [1.82, 2.24) is 5.32 Å². The first kappa shape index (κ1) is 14.8. The molecule has 1 saturated heterocycles. The first-order valence-electron chi connectivity index (χ1n) is 5.66. The fourth-order valence-electron chi connectivity index (χ4n) is 1.97. The summed E-state index contributed by atoms with van der Waals surface area (Å²) in [6, 6.07) is 0. The lowest BCUT2D eigenvalue weighted by Crippen LogP contribution is -2.46. The van der Waals surface area contributed by atoms with E-state index in [1.165, 1.54) is 5.38 Å². The zero-order valence-corrected chi connectivity index (χ0v) is 12.9. The minimum atomic E-state index is -3.80. The third-order valence-electron chi connectivity index (χ3n) is 3.09. The van der Waals surface area contributed by atoms with Gasteiger partial charge < -0.3 is 10.1 Å². The number of rotatable bonds is 3. The number of ether oxygens (including phenoxy) is 1. The van der Waals surface area contributed by atoms with Gasteiger partial charge in [0.2, 0.25) is 0 Å². The van der Waals surface area contributed by atoms with Gasteiger partial charge in [0, 0.05) is 22.7 Å². The van der Waals surface area contributed by atoms with E-state index in [0.29, 0.717) is 24.3 Å². The van der Waals surface area contributed by atoms with Crippen LogP contribution in [0.25, 0.3) is 0 Å². The second-order valence-electron chi connectivity index (χ2n) is 4.82. The van der Waals surface area contributed by atoms with Crippen molar-refractivity contribution in [2.45, 2.75) is 30.0 Å². The van der Waals surface area contributed by atoms with E-state index < -0.39 is 14.6 Å². The van der Waals surface area contributed by atoms with Crippen LogP contribution in [0.5, 0.6) is 0 Å². The summed E-state index contributed by atoms with van der Waals surface area (Å²) in [7, 11) is 1.51. The van der Waals surface area contributed by atoms with Crippen LogP contribution in [0.15, 0.2) is 9.59 Å². The average molecular weight is 324 g/mol. The SMILES string of the molecule is Cc1c(C(=O)NC2(C)CCOC2)csc1S(=O)(=O)Cl. The van der Waals surface area contributed by atoms with Gasteiger partial charge in [0.15, 0.2) is 0 Å². The highest BCUT2D eigenvalue weighted by Crippen LogP contribution is 2.30. The second-order valence-corrected chi connectivity index (χ2v) is 8.46. The predicted molar refractivity (Wildman–Crippen MR) is 73.4 cm³/mol. The molecule has 5 nitrogen and oxygen atoms in total. The molecule has 8 heteroatoms. The highest BCUT2D eigenvalue weighted by atomic mass is 35.7. The Balaban J connectivity index is 2.23. The Labute approximate surface area is 120 Å². The first-order chi connectivity index (χ1) is 8.73. The second kappa shape index (κ2) is 5.05. The van der Waals surface area contributed by atoms with Crippen LogP contribution in [0.3, 0.4) is 0 Å². The quantitative estimate of drug-likeness (QED) is 0.862. The van der Waals surface area contributed by atoms with Crippen molar-refractivity contribution in [2.24, 2.45) is 0 Å². The van der Waals surface area contributed by atoms with E-state index in [4.69, 9.17) is 15.4 Å². The van der Waals surface area contributed by atoms with E-state index in [1.54, 1.807) is 6.92 Å². The number of amides is 1. The molecule has 1 unspecified atom stereocenters. The number of thiophene rings is 1. The maximum Gasteiger partial charge on any atom is 0.271 e. The Bertz CT molecular complexity index is 602. The summed E-state index contributed by atoms with van der Waals surface area (Å²) < 4.78 is 27.9. The van der Waals surface area contributed by atoms with Crippen LogP contribution >= 0.6 is 22.0 Å². The summed E-state index contributed by atoms with van der Waals surface area (Å²) in [6.07, 6.45) is 0.739. The Morgan fingerprint density at radius 3 is 2.74 bits per heavy atom. The molecule has 1 aromatic rings. The van der Waals surface area contributed by atoms with Gasteiger partial charge in [-0.2, -0.15) is 0 Å². The molecule has 1 N–H and O–H groups in total. The molecule has 0 radical (unpaired) electrons. The molecule has 0 saturated carbocycles. The molecule has 1 aromatic heterocycles. The highest BCUT2D eigenvalue weighted by Gasteiger charge is 2.32. The fourth-order valence-corrected chi connectivity index (χ4v) is 4.52. The number of carbonyl (C=O) groups excluding carboxylic acids is 1. The van der Waals surface area contributed by atoms with Crippen LogP contribution in [-0.4, -0.2) is 33.1 Å². The van der Waals surface area contributed by atoms with Crippen molar-refractivity contribution in [2.75, 3.05) is 13.2 Å². The highest BCUT2D eigenvalue weighted by molar-refractivity contribution is 8.15. The van der Waals surface area contributed by atoms with E-state index >= 15 is 0 Å². The van der Waals surface area contributed by atoms with Gasteiger partial charge in [-0.05, 0) is 25.8 Å². The number of hydrogen-bond acceptors (Lipinski definition) is 5. The minimum Gasteiger partial charge on any atom is -0.379 e. The summed E-state index contributed by atoms with van der Waals surface area (Å²) in [6.45, 7) is 4.55. The van der Waals surface area contributed by atoms with Crippen LogP contribution in [0.4, 0.5) is 0 Å². The molecule has 1 aliphatic heterocycles. The predicted octanol–water partition coefficient (Wildman–Crippen LogP) is 1.89. The molecule has 0 aliphatic carbocycles. The smallest absolute Gasteiger partial charge is 0.271 e. The lowest BCUT2D eigenvalue weighted by atomic mass is 10.0. The summed E-state index contributed by atoms with van der Waals surface area (Å²) in [4.78, 5) is 12.2.